The fraction of sp³-hybridized carbons (Fsp3) is 0.743. The Balaban J connectivity index is 1.82. The molecule has 2 bridgehead atoms. The molecule has 0 radical (unpaired) electrons. The second-order valence-corrected chi connectivity index (χ2v) is 19.7. The van der Waals surface area contributed by atoms with E-state index < -0.39 is 96.3 Å². The number of ketones is 1. The van der Waals surface area contributed by atoms with E-state index in [2.05, 4.69) is 20.8 Å². The van der Waals surface area contributed by atoms with Crippen LogP contribution in [0.4, 0.5) is 0 Å². The highest BCUT2D eigenvalue weighted by atomic mass is 28.4. The summed E-state index contributed by atoms with van der Waals surface area (Å²) < 4.78 is 25.8. The minimum atomic E-state index is -2.41. The van der Waals surface area contributed by atoms with Crippen LogP contribution in [0.3, 0.4) is 0 Å². The van der Waals surface area contributed by atoms with E-state index in [9.17, 15) is 24.9 Å². The van der Waals surface area contributed by atoms with Crippen molar-refractivity contribution in [1.82, 2.24) is 0 Å². The standard InChI is InChI=1S/C35H52O10Si/c1-9-46(10-2,11-3)45-24-17-25-34(19-42-25,44-21(5)36)28-30(43-31(40)22-15-13-12-14-16-22)35(41)18-23(37)20(4)26(32(35,6)7)27(38)29(39)33(24,28)8/h12-16,20,23-28,30,37-38,41H,9-11,17-19H2,1-8H3/t20-,23-,24-,25+,26+,27+,28-,30-,33+,34-,35+/m0/s1. The van der Waals surface area contributed by atoms with Gasteiger partial charge in [0.1, 0.15) is 23.9 Å². The average Bonchev–Trinajstić information content (AvgIpc) is 3.01. The number of ether oxygens (including phenoxy) is 3. The second kappa shape index (κ2) is 12.1. The van der Waals surface area contributed by atoms with E-state index in [0.29, 0.717) is 0 Å². The quantitative estimate of drug-likeness (QED) is 0.276. The Bertz CT molecular complexity index is 1320. The number of carbonyl (C=O) groups is 3. The Morgan fingerprint density at radius 3 is 2.17 bits per heavy atom. The summed E-state index contributed by atoms with van der Waals surface area (Å²) >= 11 is 0. The molecule has 3 saturated carbocycles. The Labute approximate surface area is 273 Å². The lowest BCUT2D eigenvalue weighted by molar-refractivity contribution is -0.354. The van der Waals surface area contributed by atoms with Gasteiger partial charge in [-0.05, 0) is 43.1 Å². The minimum absolute atomic E-state index is 0.0935. The van der Waals surface area contributed by atoms with Crippen LogP contribution in [0, 0.1) is 28.6 Å². The third-order valence-electron chi connectivity index (χ3n) is 12.8. The number of benzene rings is 1. The maximum Gasteiger partial charge on any atom is 0.338 e. The van der Waals surface area contributed by atoms with Crippen LogP contribution >= 0.6 is 0 Å². The van der Waals surface area contributed by atoms with Crippen LogP contribution in [0.2, 0.25) is 18.1 Å². The molecule has 46 heavy (non-hydrogen) atoms. The topological polar surface area (TPSA) is 149 Å². The van der Waals surface area contributed by atoms with Crippen LogP contribution in [0.1, 0.15) is 78.6 Å². The average molecular weight is 661 g/mol. The summed E-state index contributed by atoms with van der Waals surface area (Å²) in [6.45, 7) is 14.4. The molecular weight excluding hydrogens is 608 g/mol. The van der Waals surface area contributed by atoms with Gasteiger partial charge in [0.15, 0.2) is 19.7 Å². The van der Waals surface area contributed by atoms with E-state index in [4.69, 9.17) is 18.6 Å². The van der Waals surface area contributed by atoms with Gasteiger partial charge in [-0.25, -0.2) is 4.79 Å². The van der Waals surface area contributed by atoms with Crippen LogP contribution in [-0.2, 0) is 28.2 Å². The molecule has 0 unspecified atom stereocenters. The summed E-state index contributed by atoms with van der Waals surface area (Å²) in [6, 6.07) is 10.8. The maximum atomic E-state index is 15.2. The number of aliphatic hydroxyl groups excluding tert-OH is 2. The second-order valence-electron chi connectivity index (χ2n) is 15.0. The molecule has 0 aromatic heterocycles. The number of rotatable bonds is 8. The van der Waals surface area contributed by atoms with Crippen molar-refractivity contribution >= 4 is 26.0 Å². The van der Waals surface area contributed by atoms with Crippen molar-refractivity contribution < 1.29 is 48.3 Å². The van der Waals surface area contributed by atoms with Crippen LogP contribution in [-0.4, -0.2) is 89.7 Å². The number of hydrogen-bond donors (Lipinski definition) is 3. The molecule has 1 aromatic carbocycles. The summed E-state index contributed by atoms with van der Waals surface area (Å²) in [5.74, 6) is -4.52. The fourth-order valence-corrected chi connectivity index (χ4v) is 12.6. The Morgan fingerprint density at radius 1 is 1.04 bits per heavy atom. The first kappa shape index (κ1) is 35.2. The summed E-state index contributed by atoms with van der Waals surface area (Å²) in [5, 5.41) is 36.7. The third kappa shape index (κ3) is 4.94. The molecule has 1 aliphatic heterocycles. The van der Waals surface area contributed by atoms with Gasteiger partial charge in [-0.1, -0.05) is 59.7 Å². The van der Waals surface area contributed by atoms with Gasteiger partial charge in [0, 0.05) is 31.1 Å². The van der Waals surface area contributed by atoms with Crippen molar-refractivity contribution in [2.45, 2.75) is 128 Å². The molecule has 256 valence electrons. The molecule has 3 N–H and O–H groups in total. The number of Topliss-reactive ketones (excluding diaryl/α,β-unsaturated/α-hetero) is 1. The Hall–Kier alpha value is -2.15. The zero-order valence-electron chi connectivity index (χ0n) is 28.4. The summed E-state index contributed by atoms with van der Waals surface area (Å²) in [6.07, 6.45) is -5.65. The molecule has 5 rings (SSSR count). The predicted molar refractivity (Wildman–Crippen MR) is 171 cm³/mol. The molecule has 4 fully saturated rings. The van der Waals surface area contributed by atoms with Crippen LogP contribution < -0.4 is 0 Å². The molecular formula is C35H52O10Si. The van der Waals surface area contributed by atoms with Gasteiger partial charge in [0.05, 0.1) is 35.7 Å². The van der Waals surface area contributed by atoms with Gasteiger partial charge in [0.2, 0.25) is 0 Å². The van der Waals surface area contributed by atoms with E-state index in [0.717, 1.165) is 18.1 Å². The zero-order chi connectivity index (χ0) is 34.0. The van der Waals surface area contributed by atoms with Crippen molar-refractivity contribution in [2.24, 2.45) is 28.6 Å². The predicted octanol–water partition coefficient (Wildman–Crippen LogP) is 4.05. The molecule has 1 saturated heterocycles. The summed E-state index contributed by atoms with van der Waals surface area (Å²) in [7, 11) is -2.41. The van der Waals surface area contributed by atoms with Crippen molar-refractivity contribution in [3.05, 3.63) is 35.9 Å². The van der Waals surface area contributed by atoms with E-state index >= 15 is 4.79 Å². The van der Waals surface area contributed by atoms with Crippen molar-refractivity contribution in [3.8, 4) is 0 Å². The number of hydrogen-bond acceptors (Lipinski definition) is 10. The third-order valence-corrected chi connectivity index (χ3v) is 17.4. The monoisotopic (exact) mass is 660 g/mol. The SMILES string of the molecule is CC[Si](CC)(CC)O[C@H]1C[C@H]2OC[C@@]2(OC(C)=O)[C@H]2[C@H](OC(=O)c3ccccc3)[C@]3(O)C[C@H](O)[C@H](C)[C@H]([C@@H](O)C(=O)[C@]12C)C3(C)C. The van der Waals surface area contributed by atoms with Gasteiger partial charge in [0.25, 0.3) is 0 Å². The molecule has 3 aliphatic carbocycles. The number of esters is 2. The first-order valence-corrected chi connectivity index (χ1v) is 19.4. The lowest BCUT2D eigenvalue weighted by atomic mass is 9.42. The first-order chi connectivity index (χ1) is 21.5. The lowest BCUT2D eigenvalue weighted by Gasteiger charge is -2.69. The van der Waals surface area contributed by atoms with Crippen LogP contribution in [0.5, 0.6) is 0 Å². The molecule has 0 spiro atoms. The number of carbonyl (C=O) groups excluding carboxylic acids is 3. The summed E-state index contributed by atoms with van der Waals surface area (Å²) in [5.41, 5.74) is -6.03. The van der Waals surface area contributed by atoms with E-state index in [-0.39, 0.29) is 25.0 Å². The molecule has 11 heteroatoms. The lowest BCUT2D eigenvalue weighted by Crippen LogP contribution is -2.83. The van der Waals surface area contributed by atoms with Gasteiger partial charge >= 0.3 is 11.9 Å². The van der Waals surface area contributed by atoms with Crippen molar-refractivity contribution in [2.75, 3.05) is 6.61 Å². The largest absolute Gasteiger partial charge is 0.455 e. The Morgan fingerprint density at radius 2 is 1.65 bits per heavy atom. The summed E-state index contributed by atoms with van der Waals surface area (Å²) in [4.78, 5) is 42.0. The van der Waals surface area contributed by atoms with Gasteiger partial charge in [-0.15, -0.1) is 0 Å². The maximum absolute atomic E-state index is 15.2. The highest BCUT2D eigenvalue weighted by molar-refractivity contribution is 6.73. The van der Waals surface area contributed by atoms with Gasteiger partial charge in [-0.3, -0.25) is 9.59 Å². The normalized spacial score (nSPS) is 41.6. The van der Waals surface area contributed by atoms with Crippen molar-refractivity contribution in [1.29, 1.82) is 0 Å². The van der Waals surface area contributed by atoms with Crippen LogP contribution in [0.15, 0.2) is 30.3 Å². The fourth-order valence-electron chi connectivity index (χ4n) is 9.65. The van der Waals surface area contributed by atoms with E-state index in [1.54, 1.807) is 58.0 Å². The van der Waals surface area contributed by atoms with Gasteiger partial charge < -0.3 is 34.0 Å². The smallest absolute Gasteiger partial charge is 0.338 e. The molecule has 4 aliphatic rings. The molecule has 0 amide bonds. The molecule has 1 aromatic rings. The van der Waals surface area contributed by atoms with E-state index in [1.807, 2.05) is 0 Å². The van der Waals surface area contributed by atoms with Crippen molar-refractivity contribution in [3.63, 3.8) is 0 Å². The zero-order valence-corrected chi connectivity index (χ0v) is 29.4. The molecule has 10 nitrogen and oxygen atoms in total. The number of fused-ring (bicyclic) bond motifs is 5. The highest BCUT2D eigenvalue weighted by Crippen LogP contribution is 2.65. The highest BCUT2D eigenvalue weighted by Gasteiger charge is 2.79. The minimum Gasteiger partial charge on any atom is -0.455 e. The molecule has 1 heterocycles. The first-order valence-electron chi connectivity index (χ1n) is 16.9. The molecule has 11 atom stereocenters. The Kier molecular flexibility index (Phi) is 9.23. The van der Waals surface area contributed by atoms with Crippen LogP contribution in [0.25, 0.3) is 0 Å². The van der Waals surface area contributed by atoms with E-state index in [1.165, 1.54) is 6.92 Å². The number of aliphatic hydroxyl groups is 3. The van der Waals surface area contributed by atoms with Gasteiger partial charge in [-0.2, -0.15) is 0 Å².